The Morgan fingerprint density at radius 1 is 1.39 bits per heavy atom. The summed E-state index contributed by atoms with van der Waals surface area (Å²) in [5.74, 6) is 0.640. The van der Waals surface area contributed by atoms with E-state index in [2.05, 4.69) is 19.2 Å². The second-order valence-corrected chi connectivity index (χ2v) is 6.50. The predicted molar refractivity (Wildman–Crippen MR) is 73.7 cm³/mol. The zero-order valence-electron chi connectivity index (χ0n) is 12.5. The molecule has 106 valence electrons. The second kappa shape index (κ2) is 6.41. The van der Waals surface area contributed by atoms with Crippen molar-refractivity contribution >= 4 is 6.09 Å². The fraction of sp³-hybridized carbons (Fsp3) is 0.929. The fourth-order valence-electron chi connectivity index (χ4n) is 1.72. The van der Waals surface area contributed by atoms with Crippen molar-refractivity contribution in [1.29, 1.82) is 0 Å². The van der Waals surface area contributed by atoms with Crippen molar-refractivity contribution in [2.24, 2.45) is 5.92 Å². The van der Waals surface area contributed by atoms with E-state index >= 15 is 0 Å². The molecule has 0 spiro atoms. The number of ether oxygens (including phenoxy) is 1. The van der Waals surface area contributed by atoms with Crippen LogP contribution < -0.4 is 5.32 Å². The largest absolute Gasteiger partial charge is 0.444 e. The first kappa shape index (κ1) is 15.3. The maximum absolute atomic E-state index is 12.0. The minimum Gasteiger partial charge on any atom is -0.444 e. The molecule has 4 nitrogen and oxygen atoms in total. The Labute approximate surface area is 111 Å². The molecule has 0 aromatic carbocycles. The van der Waals surface area contributed by atoms with Gasteiger partial charge in [0.25, 0.3) is 0 Å². The van der Waals surface area contributed by atoms with Crippen molar-refractivity contribution in [2.45, 2.75) is 59.1 Å². The van der Waals surface area contributed by atoms with Gasteiger partial charge in [0.2, 0.25) is 0 Å². The molecule has 1 aliphatic carbocycles. The summed E-state index contributed by atoms with van der Waals surface area (Å²) in [5.41, 5.74) is -0.407. The number of carbonyl (C=O) groups excluding carboxylic acids is 1. The highest BCUT2D eigenvalue weighted by Gasteiger charge is 2.34. The monoisotopic (exact) mass is 256 g/mol. The lowest BCUT2D eigenvalue weighted by Gasteiger charge is -2.27. The van der Waals surface area contributed by atoms with E-state index in [-0.39, 0.29) is 6.09 Å². The van der Waals surface area contributed by atoms with Crippen LogP contribution in [-0.2, 0) is 4.74 Å². The van der Waals surface area contributed by atoms with Gasteiger partial charge in [-0.25, -0.2) is 4.79 Å². The zero-order valence-corrected chi connectivity index (χ0v) is 12.5. The van der Waals surface area contributed by atoms with Crippen LogP contribution in [0.15, 0.2) is 0 Å². The van der Waals surface area contributed by atoms with Crippen LogP contribution in [0.4, 0.5) is 4.79 Å². The highest BCUT2D eigenvalue weighted by atomic mass is 16.6. The number of nitrogens with zero attached hydrogens (tertiary/aromatic N) is 1. The van der Waals surface area contributed by atoms with Gasteiger partial charge in [0.1, 0.15) is 5.60 Å². The summed E-state index contributed by atoms with van der Waals surface area (Å²) in [7, 11) is 0. The number of rotatable bonds is 6. The first-order chi connectivity index (χ1) is 8.29. The average molecular weight is 256 g/mol. The number of carbonyl (C=O) groups is 1. The third-order valence-corrected chi connectivity index (χ3v) is 2.70. The van der Waals surface area contributed by atoms with Crippen LogP contribution in [0.1, 0.15) is 47.5 Å². The van der Waals surface area contributed by atoms with Crippen LogP contribution in [0, 0.1) is 5.92 Å². The Morgan fingerprint density at radius 2 is 2.00 bits per heavy atom. The van der Waals surface area contributed by atoms with Gasteiger partial charge in [-0.2, -0.15) is 0 Å². The van der Waals surface area contributed by atoms with Crippen LogP contribution in [0.2, 0.25) is 0 Å². The van der Waals surface area contributed by atoms with E-state index in [4.69, 9.17) is 4.74 Å². The van der Waals surface area contributed by atoms with E-state index < -0.39 is 5.60 Å². The Bertz CT molecular complexity index is 267. The van der Waals surface area contributed by atoms with Gasteiger partial charge >= 0.3 is 6.09 Å². The van der Waals surface area contributed by atoms with Crippen molar-refractivity contribution in [3.05, 3.63) is 0 Å². The minimum absolute atomic E-state index is 0.170. The fourth-order valence-corrected chi connectivity index (χ4v) is 1.72. The lowest BCUT2D eigenvalue weighted by Crippen LogP contribution is -2.42. The van der Waals surface area contributed by atoms with E-state index in [1.807, 2.05) is 25.7 Å². The Morgan fingerprint density at radius 3 is 2.44 bits per heavy atom. The zero-order chi connectivity index (χ0) is 13.8. The molecule has 1 saturated carbocycles. The number of amides is 1. The Balaban J connectivity index is 2.33. The topological polar surface area (TPSA) is 41.6 Å². The van der Waals surface area contributed by atoms with Gasteiger partial charge in [0, 0.05) is 19.1 Å². The predicted octanol–water partition coefficient (Wildman–Crippen LogP) is 2.63. The maximum atomic E-state index is 12.0. The summed E-state index contributed by atoms with van der Waals surface area (Å²) < 4.78 is 5.44. The summed E-state index contributed by atoms with van der Waals surface area (Å²) in [4.78, 5) is 13.9. The number of hydrogen-bond acceptors (Lipinski definition) is 3. The summed E-state index contributed by atoms with van der Waals surface area (Å²) in [6, 6.07) is 0.403. The van der Waals surface area contributed by atoms with Gasteiger partial charge in [-0.3, -0.25) is 0 Å². The Kier molecular flexibility index (Phi) is 5.45. The van der Waals surface area contributed by atoms with E-state index in [1.165, 1.54) is 0 Å². The van der Waals surface area contributed by atoms with Crippen LogP contribution in [-0.4, -0.2) is 42.3 Å². The molecular formula is C14H28N2O2. The van der Waals surface area contributed by atoms with Gasteiger partial charge in [-0.1, -0.05) is 13.8 Å². The van der Waals surface area contributed by atoms with E-state index in [9.17, 15) is 4.79 Å². The van der Waals surface area contributed by atoms with Crippen LogP contribution in [0.25, 0.3) is 0 Å². The molecule has 0 bridgehead atoms. The van der Waals surface area contributed by atoms with Gasteiger partial charge < -0.3 is 15.0 Å². The average Bonchev–Trinajstić information content (AvgIpc) is 2.97. The molecule has 4 heteroatoms. The normalized spacial score (nSPS) is 15.9. The lowest BCUT2D eigenvalue weighted by atomic mass is 10.2. The third-order valence-electron chi connectivity index (χ3n) is 2.70. The summed E-state index contributed by atoms with van der Waals surface area (Å²) in [6.45, 7) is 12.7. The van der Waals surface area contributed by atoms with E-state index in [1.54, 1.807) is 0 Å². The lowest BCUT2D eigenvalue weighted by molar-refractivity contribution is 0.0236. The van der Waals surface area contributed by atoms with Gasteiger partial charge in [-0.15, -0.1) is 0 Å². The third kappa shape index (κ3) is 6.24. The molecule has 0 aliphatic heterocycles. The van der Waals surface area contributed by atoms with E-state index in [0.29, 0.717) is 12.0 Å². The van der Waals surface area contributed by atoms with Crippen LogP contribution >= 0.6 is 0 Å². The molecule has 1 fully saturated rings. The van der Waals surface area contributed by atoms with Crippen molar-refractivity contribution in [3.63, 3.8) is 0 Å². The van der Waals surface area contributed by atoms with Crippen molar-refractivity contribution < 1.29 is 9.53 Å². The molecule has 0 saturated heterocycles. The quantitative estimate of drug-likeness (QED) is 0.743. The van der Waals surface area contributed by atoms with Gasteiger partial charge in [-0.05, 0) is 46.1 Å². The molecule has 0 radical (unpaired) electrons. The molecule has 1 aliphatic rings. The molecular weight excluding hydrogens is 228 g/mol. The van der Waals surface area contributed by atoms with Crippen molar-refractivity contribution in [3.8, 4) is 0 Å². The van der Waals surface area contributed by atoms with Gasteiger partial charge in [0.15, 0.2) is 0 Å². The summed E-state index contributed by atoms with van der Waals surface area (Å²) in [6.07, 6.45) is 2.06. The van der Waals surface area contributed by atoms with E-state index in [0.717, 1.165) is 32.5 Å². The smallest absolute Gasteiger partial charge is 0.410 e. The Hall–Kier alpha value is -0.770. The summed E-state index contributed by atoms with van der Waals surface area (Å²) in [5, 5.41) is 3.37. The van der Waals surface area contributed by atoms with Crippen molar-refractivity contribution in [2.75, 3.05) is 19.6 Å². The standard InChI is InChI=1S/C14H28N2O2/c1-11(2)10-15-8-9-16(12-6-7-12)13(17)18-14(3,4)5/h11-12,15H,6-10H2,1-5H3. The first-order valence-corrected chi connectivity index (χ1v) is 7.00. The number of nitrogens with one attached hydrogen (secondary N) is 1. The first-order valence-electron chi connectivity index (χ1n) is 7.00. The molecule has 1 rings (SSSR count). The van der Waals surface area contributed by atoms with Crippen molar-refractivity contribution in [1.82, 2.24) is 10.2 Å². The second-order valence-electron chi connectivity index (χ2n) is 6.50. The van der Waals surface area contributed by atoms with Crippen LogP contribution in [0.5, 0.6) is 0 Å². The maximum Gasteiger partial charge on any atom is 0.410 e. The van der Waals surface area contributed by atoms with Crippen LogP contribution in [0.3, 0.4) is 0 Å². The molecule has 0 heterocycles. The summed E-state index contributed by atoms with van der Waals surface area (Å²) >= 11 is 0. The molecule has 0 atom stereocenters. The number of hydrogen-bond donors (Lipinski definition) is 1. The molecule has 1 amide bonds. The highest BCUT2D eigenvalue weighted by Crippen LogP contribution is 2.27. The highest BCUT2D eigenvalue weighted by molar-refractivity contribution is 5.69. The SMILES string of the molecule is CC(C)CNCCN(C(=O)OC(C)(C)C)C1CC1. The van der Waals surface area contributed by atoms with Gasteiger partial charge in [0.05, 0.1) is 0 Å². The molecule has 0 aromatic rings. The molecule has 1 N–H and O–H groups in total. The molecule has 0 unspecified atom stereocenters. The molecule has 18 heavy (non-hydrogen) atoms. The minimum atomic E-state index is -0.407. The molecule has 0 aromatic heterocycles.